The fraction of sp³-hybridized carbons (Fsp3) is 0.136. The number of carbonyl (C=O) groups excluding carboxylic acids is 2. The van der Waals surface area contributed by atoms with Crippen LogP contribution in [0, 0.1) is 0 Å². The average molecular weight is 405 g/mol. The molecule has 29 heavy (non-hydrogen) atoms. The van der Waals surface area contributed by atoms with E-state index in [1.165, 1.54) is 16.7 Å². The van der Waals surface area contributed by atoms with E-state index in [2.05, 4.69) is 10.3 Å². The number of aromatic nitrogens is 1. The molecule has 1 aromatic heterocycles. The SMILES string of the molecule is O=C(CN1C(=O)CSc2ccccc21)Nc1cccc(OCc2ccccn2)c1. The van der Waals surface area contributed by atoms with E-state index in [-0.39, 0.29) is 18.4 Å². The van der Waals surface area contributed by atoms with Crippen molar-refractivity contribution in [1.82, 2.24) is 4.98 Å². The molecule has 0 bridgehead atoms. The molecule has 0 saturated heterocycles. The molecule has 0 atom stereocenters. The maximum atomic E-state index is 12.6. The number of ether oxygens (including phenoxy) is 1. The van der Waals surface area contributed by atoms with Crippen molar-refractivity contribution in [1.29, 1.82) is 0 Å². The minimum atomic E-state index is -0.262. The molecule has 0 saturated carbocycles. The Hall–Kier alpha value is -3.32. The molecule has 0 spiro atoms. The van der Waals surface area contributed by atoms with Gasteiger partial charge in [0.25, 0.3) is 0 Å². The lowest BCUT2D eigenvalue weighted by Gasteiger charge is -2.28. The molecule has 3 aromatic rings. The first-order valence-corrected chi connectivity index (χ1v) is 10.1. The van der Waals surface area contributed by atoms with Gasteiger partial charge in [-0.25, -0.2) is 0 Å². The highest BCUT2D eigenvalue weighted by Crippen LogP contribution is 2.34. The van der Waals surface area contributed by atoms with Crippen molar-refractivity contribution in [2.45, 2.75) is 11.5 Å². The van der Waals surface area contributed by atoms with Crippen molar-refractivity contribution in [2.75, 3.05) is 22.5 Å². The summed E-state index contributed by atoms with van der Waals surface area (Å²) in [6.07, 6.45) is 1.72. The van der Waals surface area contributed by atoms with Crippen LogP contribution in [0.4, 0.5) is 11.4 Å². The second kappa shape index (κ2) is 8.79. The van der Waals surface area contributed by atoms with Gasteiger partial charge in [0.2, 0.25) is 11.8 Å². The van der Waals surface area contributed by atoms with Gasteiger partial charge in [-0.2, -0.15) is 0 Å². The van der Waals surface area contributed by atoms with Crippen LogP contribution < -0.4 is 15.0 Å². The van der Waals surface area contributed by atoms with Crippen LogP contribution in [0.25, 0.3) is 0 Å². The maximum Gasteiger partial charge on any atom is 0.244 e. The highest BCUT2D eigenvalue weighted by Gasteiger charge is 2.26. The summed E-state index contributed by atoms with van der Waals surface area (Å²) in [4.78, 5) is 31.6. The number of amides is 2. The van der Waals surface area contributed by atoms with Crippen molar-refractivity contribution in [3.63, 3.8) is 0 Å². The van der Waals surface area contributed by atoms with E-state index in [1.54, 1.807) is 24.4 Å². The van der Waals surface area contributed by atoms with Crippen LogP contribution in [0.1, 0.15) is 5.69 Å². The van der Waals surface area contributed by atoms with Gasteiger partial charge in [-0.05, 0) is 36.4 Å². The topological polar surface area (TPSA) is 71.5 Å². The Balaban J connectivity index is 1.39. The quantitative estimate of drug-likeness (QED) is 0.677. The van der Waals surface area contributed by atoms with E-state index in [9.17, 15) is 9.59 Å². The van der Waals surface area contributed by atoms with Gasteiger partial charge in [0.15, 0.2) is 0 Å². The number of anilines is 2. The number of pyridine rings is 1. The van der Waals surface area contributed by atoms with Crippen molar-refractivity contribution < 1.29 is 14.3 Å². The molecule has 1 N–H and O–H groups in total. The first-order valence-electron chi connectivity index (χ1n) is 9.14. The molecule has 2 aromatic carbocycles. The first kappa shape index (κ1) is 19.0. The van der Waals surface area contributed by atoms with Gasteiger partial charge in [-0.1, -0.05) is 24.3 Å². The Morgan fingerprint density at radius 1 is 1.10 bits per heavy atom. The van der Waals surface area contributed by atoms with Gasteiger partial charge in [0.05, 0.1) is 17.1 Å². The van der Waals surface area contributed by atoms with Gasteiger partial charge < -0.3 is 15.0 Å². The summed E-state index contributed by atoms with van der Waals surface area (Å²) in [7, 11) is 0. The number of nitrogens with one attached hydrogen (secondary N) is 1. The summed E-state index contributed by atoms with van der Waals surface area (Å²) in [6, 6.07) is 20.4. The molecule has 4 rings (SSSR count). The van der Waals surface area contributed by atoms with Gasteiger partial charge in [0, 0.05) is 22.8 Å². The largest absolute Gasteiger partial charge is 0.487 e. The normalized spacial score (nSPS) is 13.0. The molecule has 146 valence electrons. The summed E-state index contributed by atoms with van der Waals surface area (Å²) >= 11 is 1.49. The number of hydrogen-bond acceptors (Lipinski definition) is 5. The molecule has 0 fully saturated rings. The molecule has 2 amide bonds. The van der Waals surface area contributed by atoms with Crippen LogP contribution >= 0.6 is 11.8 Å². The van der Waals surface area contributed by atoms with E-state index in [0.717, 1.165) is 16.3 Å². The molecular weight excluding hydrogens is 386 g/mol. The smallest absolute Gasteiger partial charge is 0.244 e. The lowest BCUT2D eigenvalue weighted by atomic mass is 10.2. The number of thioether (sulfide) groups is 1. The average Bonchev–Trinajstić information content (AvgIpc) is 2.75. The van der Waals surface area contributed by atoms with Crippen LogP contribution in [-0.2, 0) is 16.2 Å². The monoisotopic (exact) mass is 405 g/mol. The molecule has 6 nitrogen and oxygen atoms in total. The summed E-state index contributed by atoms with van der Waals surface area (Å²) < 4.78 is 5.75. The van der Waals surface area contributed by atoms with Crippen molar-refractivity contribution in [3.8, 4) is 5.75 Å². The second-order valence-electron chi connectivity index (χ2n) is 6.42. The Kier molecular flexibility index (Phi) is 5.76. The van der Waals surface area contributed by atoms with E-state index in [0.29, 0.717) is 23.8 Å². The third-order valence-corrected chi connectivity index (χ3v) is 5.39. The van der Waals surface area contributed by atoms with Crippen LogP contribution in [0.15, 0.2) is 77.8 Å². The highest BCUT2D eigenvalue weighted by atomic mass is 32.2. The maximum absolute atomic E-state index is 12.6. The zero-order valence-electron chi connectivity index (χ0n) is 15.6. The predicted molar refractivity (Wildman–Crippen MR) is 113 cm³/mol. The fourth-order valence-corrected chi connectivity index (χ4v) is 3.91. The van der Waals surface area contributed by atoms with Gasteiger partial charge in [-0.15, -0.1) is 11.8 Å². The third kappa shape index (κ3) is 4.75. The highest BCUT2D eigenvalue weighted by molar-refractivity contribution is 8.00. The second-order valence-corrected chi connectivity index (χ2v) is 7.44. The summed E-state index contributed by atoms with van der Waals surface area (Å²) in [5.74, 6) is 0.628. The Bertz CT molecular complexity index is 1030. The van der Waals surface area contributed by atoms with Gasteiger partial charge >= 0.3 is 0 Å². The van der Waals surface area contributed by atoms with Crippen molar-refractivity contribution in [3.05, 3.63) is 78.6 Å². The van der Waals surface area contributed by atoms with Gasteiger partial charge in [-0.3, -0.25) is 14.6 Å². The van der Waals surface area contributed by atoms with E-state index < -0.39 is 0 Å². The Morgan fingerprint density at radius 2 is 1.97 bits per heavy atom. The van der Waals surface area contributed by atoms with E-state index in [1.807, 2.05) is 48.5 Å². The standard InChI is InChI=1S/C22H19N3O3S/c26-21(13-25-19-9-1-2-10-20(19)29-15-22(25)27)24-16-7-5-8-18(12-16)28-14-17-6-3-4-11-23-17/h1-12H,13-15H2,(H,24,26). The number of hydrogen-bond donors (Lipinski definition) is 1. The fourth-order valence-electron chi connectivity index (χ4n) is 2.98. The third-order valence-electron chi connectivity index (χ3n) is 4.34. The summed E-state index contributed by atoms with van der Waals surface area (Å²) in [5.41, 5.74) is 2.21. The van der Waals surface area contributed by atoms with Gasteiger partial charge in [0.1, 0.15) is 18.9 Å². The lowest BCUT2D eigenvalue weighted by molar-refractivity contribution is -0.120. The number of fused-ring (bicyclic) bond motifs is 1. The summed E-state index contributed by atoms with van der Waals surface area (Å²) in [5, 5.41) is 2.84. The molecule has 7 heteroatoms. The number of rotatable bonds is 6. The molecule has 0 unspecified atom stereocenters. The van der Waals surface area contributed by atoms with Crippen LogP contribution in [0.5, 0.6) is 5.75 Å². The molecule has 1 aliphatic heterocycles. The zero-order chi connectivity index (χ0) is 20.1. The van der Waals surface area contributed by atoms with E-state index in [4.69, 9.17) is 4.74 Å². The zero-order valence-corrected chi connectivity index (χ0v) is 16.4. The number of benzene rings is 2. The minimum absolute atomic E-state index is 0.0323. The number of carbonyl (C=O) groups is 2. The number of para-hydroxylation sites is 1. The Labute approximate surface area is 172 Å². The summed E-state index contributed by atoms with van der Waals surface area (Å²) in [6.45, 7) is 0.310. The van der Waals surface area contributed by atoms with Crippen LogP contribution in [-0.4, -0.2) is 29.1 Å². The molecule has 2 heterocycles. The van der Waals surface area contributed by atoms with Crippen LogP contribution in [0.3, 0.4) is 0 Å². The number of nitrogens with zero attached hydrogens (tertiary/aromatic N) is 2. The lowest BCUT2D eigenvalue weighted by Crippen LogP contribution is -2.41. The van der Waals surface area contributed by atoms with E-state index >= 15 is 0 Å². The minimum Gasteiger partial charge on any atom is -0.487 e. The molecule has 0 radical (unpaired) electrons. The molecule has 1 aliphatic rings. The first-order chi connectivity index (χ1) is 14.2. The van der Waals surface area contributed by atoms with Crippen molar-refractivity contribution >= 4 is 35.0 Å². The van der Waals surface area contributed by atoms with Crippen molar-refractivity contribution in [2.24, 2.45) is 0 Å². The molecule has 0 aliphatic carbocycles. The van der Waals surface area contributed by atoms with Crippen LogP contribution in [0.2, 0.25) is 0 Å². The predicted octanol–water partition coefficient (Wildman–Crippen LogP) is 3.74. The molecular formula is C22H19N3O3S. The Morgan fingerprint density at radius 3 is 2.83 bits per heavy atom.